The number of halogens is 1. The molecule has 0 radical (unpaired) electrons. The molecule has 2 unspecified atom stereocenters. The maximum Gasteiger partial charge on any atom is 0.324 e. The normalized spacial score (nSPS) is 22.0. The molecule has 0 bridgehead atoms. The highest BCUT2D eigenvalue weighted by atomic mass is 32.2. The summed E-state index contributed by atoms with van der Waals surface area (Å²) in [7, 11) is -3.59. The predicted octanol–water partition coefficient (Wildman–Crippen LogP) is 4.16. The molecular weight excluding hydrogens is 445 g/mol. The summed E-state index contributed by atoms with van der Waals surface area (Å²) in [4.78, 5) is 6.35. The Bertz CT molecular complexity index is 1260. The molecule has 1 saturated heterocycles. The molecule has 0 spiro atoms. The Hall–Kier alpha value is -2.94. The lowest BCUT2D eigenvalue weighted by Gasteiger charge is -2.17. The molecule has 0 amide bonds. The molecule has 2 aliphatic rings. The van der Waals surface area contributed by atoms with Crippen molar-refractivity contribution in [2.45, 2.75) is 24.7 Å². The van der Waals surface area contributed by atoms with E-state index in [0.29, 0.717) is 35.9 Å². The van der Waals surface area contributed by atoms with Crippen molar-refractivity contribution in [3.8, 4) is 16.9 Å². The highest BCUT2D eigenvalue weighted by Crippen LogP contribution is 2.52. The third kappa shape index (κ3) is 4.34. The number of fused-ring (bicyclic) bond motifs is 1. The van der Waals surface area contributed by atoms with E-state index >= 15 is 0 Å². The molecule has 7 nitrogen and oxygen atoms in total. The minimum Gasteiger partial charge on any atom is -0.493 e. The van der Waals surface area contributed by atoms with Gasteiger partial charge in [0.25, 0.3) is 0 Å². The summed E-state index contributed by atoms with van der Waals surface area (Å²) >= 11 is 0. The largest absolute Gasteiger partial charge is 0.493 e. The van der Waals surface area contributed by atoms with E-state index in [1.807, 2.05) is 38.1 Å². The van der Waals surface area contributed by atoms with Crippen LogP contribution in [0.25, 0.3) is 11.1 Å². The Kier molecular flexibility index (Phi) is 5.39. The van der Waals surface area contributed by atoms with Crippen LogP contribution in [-0.2, 0) is 9.84 Å². The first-order valence-electron chi connectivity index (χ1n) is 11.0. The molecular formula is C24H26FN3O4S. The SMILES string of the molecule is CC(C)c1noc(N2CC3C(COc4ccc(-c5ccc(S(C)(=O)=O)c(F)c5)cc4)C3C2)n1. The number of piperidine rings is 1. The molecule has 3 aromatic rings. The van der Waals surface area contributed by atoms with Gasteiger partial charge in [-0.05, 0) is 47.2 Å². The summed E-state index contributed by atoms with van der Waals surface area (Å²) in [5.74, 6) is 2.68. The van der Waals surface area contributed by atoms with Gasteiger partial charge in [0.2, 0.25) is 0 Å². The van der Waals surface area contributed by atoms with E-state index in [2.05, 4.69) is 15.0 Å². The number of nitrogens with zero attached hydrogens (tertiary/aromatic N) is 3. The zero-order valence-corrected chi connectivity index (χ0v) is 19.5. The van der Waals surface area contributed by atoms with E-state index in [-0.39, 0.29) is 10.8 Å². The summed E-state index contributed by atoms with van der Waals surface area (Å²) in [6.45, 7) is 6.56. The Balaban J connectivity index is 1.15. The van der Waals surface area contributed by atoms with E-state index in [4.69, 9.17) is 9.26 Å². The van der Waals surface area contributed by atoms with E-state index in [1.165, 1.54) is 12.1 Å². The average Bonchev–Trinajstić information content (AvgIpc) is 3.15. The fourth-order valence-electron chi connectivity index (χ4n) is 4.56. The minimum absolute atomic E-state index is 0.248. The van der Waals surface area contributed by atoms with Crippen molar-refractivity contribution in [3.63, 3.8) is 0 Å². The number of ether oxygens (including phenoxy) is 1. The van der Waals surface area contributed by atoms with Gasteiger partial charge in [-0.15, -0.1) is 0 Å². The Morgan fingerprint density at radius 2 is 1.79 bits per heavy atom. The van der Waals surface area contributed by atoms with Crippen LogP contribution >= 0.6 is 0 Å². The Morgan fingerprint density at radius 1 is 1.12 bits per heavy atom. The van der Waals surface area contributed by atoms with Crippen molar-refractivity contribution in [1.82, 2.24) is 10.1 Å². The molecule has 2 fully saturated rings. The second kappa shape index (κ2) is 8.13. The van der Waals surface area contributed by atoms with E-state index < -0.39 is 15.7 Å². The van der Waals surface area contributed by atoms with Crippen LogP contribution in [0.15, 0.2) is 51.9 Å². The Labute approximate surface area is 192 Å². The molecule has 2 atom stereocenters. The van der Waals surface area contributed by atoms with Gasteiger partial charge >= 0.3 is 6.01 Å². The number of rotatable bonds is 7. The number of sulfone groups is 1. The third-order valence-corrected chi connectivity index (χ3v) is 7.68. The fourth-order valence-corrected chi connectivity index (χ4v) is 5.29. The minimum atomic E-state index is -3.59. The molecule has 2 heterocycles. The van der Waals surface area contributed by atoms with Gasteiger partial charge in [-0.2, -0.15) is 4.98 Å². The highest BCUT2D eigenvalue weighted by molar-refractivity contribution is 7.90. The number of aromatic nitrogens is 2. The first-order valence-corrected chi connectivity index (χ1v) is 12.9. The number of anilines is 1. The van der Waals surface area contributed by atoms with Gasteiger partial charge in [0, 0.05) is 31.2 Å². The second-order valence-electron chi connectivity index (χ2n) is 9.24. The van der Waals surface area contributed by atoms with Crippen LogP contribution in [0.1, 0.15) is 25.6 Å². The molecule has 1 saturated carbocycles. The van der Waals surface area contributed by atoms with Crippen LogP contribution < -0.4 is 9.64 Å². The fraction of sp³-hybridized carbons (Fsp3) is 0.417. The number of benzene rings is 2. The zero-order valence-electron chi connectivity index (χ0n) is 18.7. The quantitative estimate of drug-likeness (QED) is 0.511. The van der Waals surface area contributed by atoms with Crippen molar-refractivity contribution in [1.29, 1.82) is 0 Å². The van der Waals surface area contributed by atoms with E-state index in [1.54, 1.807) is 6.07 Å². The Morgan fingerprint density at radius 3 is 2.36 bits per heavy atom. The maximum absolute atomic E-state index is 14.2. The zero-order chi connectivity index (χ0) is 23.3. The molecule has 2 aromatic carbocycles. The first kappa shape index (κ1) is 21.9. The molecule has 33 heavy (non-hydrogen) atoms. The topological polar surface area (TPSA) is 85.5 Å². The van der Waals surface area contributed by atoms with Crippen LogP contribution in [0.5, 0.6) is 5.75 Å². The average molecular weight is 472 g/mol. The van der Waals surface area contributed by atoms with Crippen molar-refractivity contribution >= 4 is 15.9 Å². The number of hydrogen-bond donors (Lipinski definition) is 0. The van der Waals surface area contributed by atoms with E-state index in [9.17, 15) is 12.8 Å². The van der Waals surface area contributed by atoms with E-state index in [0.717, 1.165) is 36.5 Å². The maximum atomic E-state index is 14.2. The summed E-state index contributed by atoms with van der Waals surface area (Å²) in [5, 5.41) is 4.04. The molecule has 5 rings (SSSR count). The van der Waals surface area contributed by atoms with Crippen molar-refractivity contribution in [2.24, 2.45) is 17.8 Å². The van der Waals surface area contributed by atoms with Crippen LogP contribution in [0.4, 0.5) is 10.4 Å². The van der Waals surface area contributed by atoms with Gasteiger partial charge in [0.15, 0.2) is 15.7 Å². The van der Waals surface area contributed by atoms with Crippen molar-refractivity contribution in [3.05, 3.63) is 54.1 Å². The lowest BCUT2D eigenvalue weighted by Crippen LogP contribution is -2.25. The summed E-state index contributed by atoms with van der Waals surface area (Å²) in [6, 6.07) is 12.2. The lowest BCUT2D eigenvalue weighted by atomic mass is 10.1. The van der Waals surface area contributed by atoms with Crippen LogP contribution in [-0.4, -0.2) is 44.5 Å². The van der Waals surface area contributed by atoms with Gasteiger partial charge in [-0.1, -0.05) is 37.2 Å². The molecule has 174 valence electrons. The van der Waals surface area contributed by atoms with Gasteiger partial charge in [0.05, 0.1) is 6.61 Å². The molecule has 9 heteroatoms. The lowest BCUT2D eigenvalue weighted by molar-refractivity contribution is 0.282. The molecule has 1 aliphatic heterocycles. The van der Waals surface area contributed by atoms with Gasteiger partial charge in [-0.25, -0.2) is 12.8 Å². The second-order valence-corrected chi connectivity index (χ2v) is 11.2. The van der Waals surface area contributed by atoms with Gasteiger partial charge < -0.3 is 14.2 Å². The summed E-state index contributed by atoms with van der Waals surface area (Å²) in [6.07, 6.45) is 0.997. The summed E-state index contributed by atoms with van der Waals surface area (Å²) < 4.78 is 48.8. The van der Waals surface area contributed by atoms with Crippen molar-refractivity contribution < 1.29 is 22.1 Å². The molecule has 0 N–H and O–H groups in total. The van der Waals surface area contributed by atoms with Crippen LogP contribution in [0.2, 0.25) is 0 Å². The molecule has 1 aliphatic carbocycles. The van der Waals surface area contributed by atoms with Gasteiger partial charge in [-0.3, -0.25) is 0 Å². The summed E-state index contributed by atoms with van der Waals surface area (Å²) in [5.41, 5.74) is 1.41. The smallest absolute Gasteiger partial charge is 0.324 e. The van der Waals surface area contributed by atoms with Gasteiger partial charge in [0.1, 0.15) is 16.5 Å². The number of hydrogen-bond acceptors (Lipinski definition) is 7. The van der Waals surface area contributed by atoms with Crippen molar-refractivity contribution in [2.75, 3.05) is 30.9 Å². The first-order chi connectivity index (χ1) is 15.7. The monoisotopic (exact) mass is 471 g/mol. The standard InChI is InChI=1S/C24H26FN3O4S/c1-14(2)23-26-24(32-27-23)28-11-18-19(12-28)20(18)13-31-17-7-4-15(5-8-17)16-6-9-22(21(25)10-16)33(3,29)30/h4-10,14,18-20H,11-13H2,1-3H3. The van der Waals surface area contributed by atoms with Crippen LogP contribution in [0.3, 0.4) is 0 Å². The molecule has 1 aromatic heterocycles. The predicted molar refractivity (Wildman–Crippen MR) is 122 cm³/mol. The third-order valence-electron chi connectivity index (χ3n) is 6.55. The van der Waals surface area contributed by atoms with Crippen LogP contribution in [0, 0.1) is 23.6 Å². The highest BCUT2D eigenvalue weighted by Gasteiger charge is 2.56.